The Morgan fingerprint density at radius 3 is 2.79 bits per heavy atom. The molecule has 0 saturated carbocycles. The highest BCUT2D eigenvalue weighted by atomic mass is 16.5. The minimum atomic E-state index is -0.811. The molecular formula is C9H16N2O3. The maximum Gasteiger partial charge on any atom is 0.407 e. The molecule has 0 radical (unpaired) electrons. The average molecular weight is 200 g/mol. The molecule has 2 atom stereocenters. The van der Waals surface area contributed by atoms with Crippen LogP contribution in [0.1, 0.15) is 12.8 Å². The van der Waals surface area contributed by atoms with Gasteiger partial charge in [-0.2, -0.15) is 0 Å². The number of carboxylic acid groups (broad SMARTS) is 1. The van der Waals surface area contributed by atoms with Gasteiger partial charge in [0.15, 0.2) is 0 Å². The lowest BCUT2D eigenvalue weighted by Crippen LogP contribution is -2.47. The summed E-state index contributed by atoms with van der Waals surface area (Å²) in [7, 11) is 0. The van der Waals surface area contributed by atoms with Crippen LogP contribution in [0.2, 0.25) is 0 Å². The highest BCUT2D eigenvalue weighted by Crippen LogP contribution is 2.19. The standard InChI is InChI=1S/C9H16N2O3/c12-9(13)11(7-1-3-10-5-7)8-2-4-14-6-8/h7-8,10H,1-6H2,(H,12,13)/t7-,8+/m1/s1. The number of hydrogen-bond donors (Lipinski definition) is 2. The average Bonchev–Trinajstić information content (AvgIpc) is 2.75. The van der Waals surface area contributed by atoms with Gasteiger partial charge in [0.1, 0.15) is 0 Å². The fourth-order valence-corrected chi connectivity index (χ4v) is 2.23. The summed E-state index contributed by atoms with van der Waals surface area (Å²) in [4.78, 5) is 12.7. The van der Waals surface area contributed by atoms with Gasteiger partial charge in [-0.1, -0.05) is 0 Å². The minimum Gasteiger partial charge on any atom is -0.465 e. The number of amides is 1. The van der Waals surface area contributed by atoms with Crippen LogP contribution in [0.15, 0.2) is 0 Å². The predicted molar refractivity (Wildman–Crippen MR) is 50.4 cm³/mol. The molecule has 5 nitrogen and oxygen atoms in total. The number of ether oxygens (including phenoxy) is 1. The van der Waals surface area contributed by atoms with Gasteiger partial charge >= 0.3 is 6.09 Å². The Hall–Kier alpha value is -0.810. The van der Waals surface area contributed by atoms with Crippen molar-refractivity contribution in [1.29, 1.82) is 0 Å². The molecule has 14 heavy (non-hydrogen) atoms. The molecule has 2 aliphatic heterocycles. The number of hydrogen-bond acceptors (Lipinski definition) is 3. The molecule has 2 aliphatic rings. The van der Waals surface area contributed by atoms with Crippen molar-refractivity contribution in [2.45, 2.75) is 24.9 Å². The molecule has 0 aliphatic carbocycles. The molecule has 0 unspecified atom stereocenters. The van der Waals surface area contributed by atoms with Gasteiger partial charge in [-0.25, -0.2) is 4.79 Å². The van der Waals surface area contributed by atoms with Crippen LogP contribution < -0.4 is 5.32 Å². The van der Waals surface area contributed by atoms with Gasteiger partial charge in [-0.15, -0.1) is 0 Å². The molecule has 0 aromatic carbocycles. The van der Waals surface area contributed by atoms with Gasteiger partial charge in [0.25, 0.3) is 0 Å². The molecule has 2 heterocycles. The Kier molecular flexibility index (Phi) is 2.88. The molecule has 2 N–H and O–H groups in total. The Labute approximate surface area is 83.0 Å². The Balaban J connectivity index is 2.02. The molecular weight excluding hydrogens is 184 g/mol. The zero-order chi connectivity index (χ0) is 9.97. The van der Waals surface area contributed by atoms with Crippen LogP contribution in [0.25, 0.3) is 0 Å². The summed E-state index contributed by atoms with van der Waals surface area (Å²) in [5.41, 5.74) is 0. The van der Waals surface area contributed by atoms with E-state index >= 15 is 0 Å². The van der Waals surface area contributed by atoms with E-state index in [0.717, 1.165) is 25.9 Å². The summed E-state index contributed by atoms with van der Waals surface area (Å²) in [5, 5.41) is 12.3. The minimum absolute atomic E-state index is 0.0670. The van der Waals surface area contributed by atoms with E-state index in [-0.39, 0.29) is 12.1 Å². The lowest BCUT2D eigenvalue weighted by Gasteiger charge is -2.30. The van der Waals surface area contributed by atoms with Crippen LogP contribution in [0.5, 0.6) is 0 Å². The summed E-state index contributed by atoms with van der Waals surface area (Å²) in [6, 6.07) is 0.205. The van der Waals surface area contributed by atoms with Gasteiger partial charge in [0.05, 0.1) is 12.6 Å². The molecule has 80 valence electrons. The maximum atomic E-state index is 11.1. The number of nitrogens with zero attached hydrogens (tertiary/aromatic N) is 1. The van der Waals surface area contributed by atoms with Crippen LogP contribution in [-0.4, -0.2) is 54.5 Å². The van der Waals surface area contributed by atoms with E-state index in [0.29, 0.717) is 13.2 Å². The normalized spacial score (nSPS) is 32.0. The molecule has 1 amide bonds. The molecule has 0 spiro atoms. The van der Waals surface area contributed by atoms with E-state index in [2.05, 4.69) is 5.32 Å². The third-order valence-electron chi connectivity index (χ3n) is 2.95. The highest BCUT2D eigenvalue weighted by Gasteiger charge is 2.34. The molecule has 0 aromatic heterocycles. The van der Waals surface area contributed by atoms with E-state index in [1.54, 1.807) is 4.90 Å². The van der Waals surface area contributed by atoms with Crippen molar-refractivity contribution in [1.82, 2.24) is 10.2 Å². The zero-order valence-electron chi connectivity index (χ0n) is 8.11. The Morgan fingerprint density at radius 1 is 1.43 bits per heavy atom. The second kappa shape index (κ2) is 4.14. The van der Waals surface area contributed by atoms with Crippen LogP contribution in [0.3, 0.4) is 0 Å². The summed E-state index contributed by atoms with van der Waals surface area (Å²) in [6.07, 6.45) is 0.945. The van der Waals surface area contributed by atoms with Gasteiger partial charge in [0, 0.05) is 19.2 Å². The third-order valence-corrected chi connectivity index (χ3v) is 2.95. The lowest BCUT2D eigenvalue weighted by molar-refractivity contribution is 0.0924. The number of carbonyl (C=O) groups is 1. The first kappa shape index (κ1) is 9.73. The molecule has 0 aromatic rings. The monoisotopic (exact) mass is 200 g/mol. The second-order valence-corrected chi connectivity index (χ2v) is 3.85. The fourth-order valence-electron chi connectivity index (χ4n) is 2.23. The summed E-state index contributed by atoms with van der Waals surface area (Å²) < 4.78 is 5.22. The number of nitrogens with one attached hydrogen (secondary N) is 1. The van der Waals surface area contributed by atoms with E-state index in [4.69, 9.17) is 9.84 Å². The molecule has 0 bridgehead atoms. The third kappa shape index (κ3) is 1.83. The SMILES string of the molecule is O=C(O)N([C@@H]1CCNC1)[C@H]1CCOC1. The molecule has 2 rings (SSSR count). The van der Waals surface area contributed by atoms with E-state index in [1.165, 1.54) is 0 Å². The van der Waals surface area contributed by atoms with E-state index in [1.807, 2.05) is 0 Å². The van der Waals surface area contributed by atoms with Crippen molar-refractivity contribution >= 4 is 6.09 Å². The highest BCUT2D eigenvalue weighted by molar-refractivity contribution is 5.66. The zero-order valence-corrected chi connectivity index (χ0v) is 8.11. The Morgan fingerprint density at radius 2 is 2.29 bits per heavy atom. The van der Waals surface area contributed by atoms with Gasteiger partial charge in [-0.05, 0) is 19.4 Å². The predicted octanol–water partition coefficient (Wildman–Crippen LogP) is 0.117. The van der Waals surface area contributed by atoms with Crippen LogP contribution in [-0.2, 0) is 4.74 Å². The lowest BCUT2D eigenvalue weighted by atomic mass is 10.1. The molecule has 5 heteroatoms. The van der Waals surface area contributed by atoms with Crippen LogP contribution >= 0.6 is 0 Å². The summed E-state index contributed by atoms with van der Waals surface area (Å²) >= 11 is 0. The smallest absolute Gasteiger partial charge is 0.407 e. The van der Waals surface area contributed by atoms with Gasteiger partial charge in [-0.3, -0.25) is 4.90 Å². The van der Waals surface area contributed by atoms with Crippen molar-refractivity contribution in [3.63, 3.8) is 0 Å². The second-order valence-electron chi connectivity index (χ2n) is 3.85. The van der Waals surface area contributed by atoms with Crippen molar-refractivity contribution < 1.29 is 14.6 Å². The summed E-state index contributed by atoms with van der Waals surface area (Å²) in [5.74, 6) is 0. The van der Waals surface area contributed by atoms with Crippen molar-refractivity contribution in [3.05, 3.63) is 0 Å². The topological polar surface area (TPSA) is 61.8 Å². The van der Waals surface area contributed by atoms with Crippen LogP contribution in [0, 0.1) is 0 Å². The van der Waals surface area contributed by atoms with Crippen LogP contribution in [0.4, 0.5) is 4.79 Å². The quantitative estimate of drug-likeness (QED) is 0.664. The van der Waals surface area contributed by atoms with Gasteiger partial charge < -0.3 is 15.2 Å². The first-order valence-corrected chi connectivity index (χ1v) is 5.09. The first-order valence-electron chi connectivity index (χ1n) is 5.09. The fraction of sp³-hybridized carbons (Fsp3) is 0.889. The summed E-state index contributed by atoms with van der Waals surface area (Å²) in [6.45, 7) is 2.95. The first-order chi connectivity index (χ1) is 6.79. The Bertz CT molecular complexity index is 194. The van der Waals surface area contributed by atoms with Crippen molar-refractivity contribution in [3.8, 4) is 0 Å². The van der Waals surface area contributed by atoms with E-state index in [9.17, 15) is 4.79 Å². The van der Waals surface area contributed by atoms with E-state index < -0.39 is 6.09 Å². The van der Waals surface area contributed by atoms with Crippen molar-refractivity contribution in [2.75, 3.05) is 26.3 Å². The maximum absolute atomic E-state index is 11.1. The largest absolute Gasteiger partial charge is 0.465 e. The molecule has 2 saturated heterocycles. The van der Waals surface area contributed by atoms with Crippen molar-refractivity contribution in [2.24, 2.45) is 0 Å². The molecule has 2 fully saturated rings. The number of rotatable bonds is 2. The van der Waals surface area contributed by atoms with Gasteiger partial charge in [0.2, 0.25) is 0 Å².